The molecule has 7 nitrogen and oxygen atoms in total. The summed E-state index contributed by atoms with van der Waals surface area (Å²) in [4.78, 5) is 13.7. The van der Waals surface area contributed by atoms with Gasteiger partial charge in [-0.3, -0.25) is 0 Å². The highest BCUT2D eigenvalue weighted by molar-refractivity contribution is 7.88. The van der Waals surface area contributed by atoms with Gasteiger partial charge in [0.25, 0.3) is 0 Å². The van der Waals surface area contributed by atoms with Crippen molar-refractivity contribution < 1.29 is 17.6 Å². The lowest BCUT2D eigenvalue weighted by Gasteiger charge is -2.32. The van der Waals surface area contributed by atoms with Crippen LogP contribution in [0.3, 0.4) is 0 Å². The van der Waals surface area contributed by atoms with Gasteiger partial charge in [0.1, 0.15) is 0 Å². The van der Waals surface area contributed by atoms with Crippen molar-refractivity contribution in [1.29, 1.82) is 0 Å². The van der Waals surface area contributed by atoms with Gasteiger partial charge in [0.05, 0.1) is 25.3 Å². The van der Waals surface area contributed by atoms with E-state index >= 15 is 0 Å². The van der Waals surface area contributed by atoms with E-state index in [1.165, 1.54) is 10.6 Å². The third kappa shape index (κ3) is 4.47. The lowest BCUT2D eigenvalue weighted by Crippen LogP contribution is -2.51. The number of nitrogens with one attached hydrogen (secondary N) is 1. The molecular weight excluding hydrogens is 294 g/mol. The Morgan fingerprint density at radius 3 is 2.95 bits per heavy atom. The Bertz CT molecular complexity index is 570. The Kier molecular flexibility index (Phi) is 4.89. The van der Waals surface area contributed by atoms with Crippen molar-refractivity contribution >= 4 is 16.1 Å². The van der Waals surface area contributed by atoms with Crippen molar-refractivity contribution in [3.63, 3.8) is 0 Å². The van der Waals surface area contributed by atoms with E-state index in [0.717, 1.165) is 18.4 Å². The van der Waals surface area contributed by atoms with E-state index in [0.29, 0.717) is 19.6 Å². The number of rotatable bonds is 4. The lowest BCUT2D eigenvalue weighted by molar-refractivity contribution is 0.194. The third-order valence-electron chi connectivity index (χ3n) is 3.53. The second kappa shape index (κ2) is 6.48. The van der Waals surface area contributed by atoms with Gasteiger partial charge in [-0.2, -0.15) is 0 Å². The van der Waals surface area contributed by atoms with Gasteiger partial charge in [0.15, 0.2) is 0 Å². The van der Waals surface area contributed by atoms with Gasteiger partial charge in [-0.1, -0.05) is 0 Å². The summed E-state index contributed by atoms with van der Waals surface area (Å²) in [6.45, 7) is 1.31. The molecule has 2 rings (SSSR count). The molecule has 21 heavy (non-hydrogen) atoms. The normalized spacial score (nSPS) is 20.2. The number of carbonyl (C=O) groups excluding carboxylic acids is 1. The highest BCUT2D eigenvalue weighted by atomic mass is 32.2. The van der Waals surface area contributed by atoms with Crippen molar-refractivity contribution in [3.05, 3.63) is 24.2 Å². The molecule has 1 aliphatic heterocycles. The van der Waals surface area contributed by atoms with Crippen LogP contribution in [-0.2, 0) is 16.6 Å². The summed E-state index contributed by atoms with van der Waals surface area (Å²) in [5.74, 6) is 0. The smallest absolute Gasteiger partial charge is 0.317 e. The van der Waals surface area contributed by atoms with Crippen LogP contribution in [0.1, 0.15) is 18.4 Å². The molecule has 0 aromatic carbocycles. The minimum Gasteiger partial charge on any atom is -0.472 e. The van der Waals surface area contributed by atoms with E-state index in [9.17, 15) is 13.2 Å². The van der Waals surface area contributed by atoms with Gasteiger partial charge >= 0.3 is 6.03 Å². The maximum absolute atomic E-state index is 12.1. The van der Waals surface area contributed by atoms with Crippen molar-refractivity contribution in [3.8, 4) is 0 Å². The van der Waals surface area contributed by atoms with Crippen LogP contribution in [-0.4, -0.2) is 56.1 Å². The molecule has 0 spiro atoms. The maximum Gasteiger partial charge on any atom is 0.317 e. The van der Waals surface area contributed by atoms with Crippen LogP contribution < -0.4 is 5.32 Å². The lowest BCUT2D eigenvalue weighted by atomic mass is 10.1. The highest BCUT2D eigenvalue weighted by Gasteiger charge is 2.27. The number of carbonyl (C=O) groups is 1. The number of urea groups is 1. The number of furan rings is 1. The largest absolute Gasteiger partial charge is 0.472 e. The predicted molar refractivity (Wildman–Crippen MR) is 78.1 cm³/mol. The molecule has 1 atom stereocenters. The number of hydrogen-bond donors (Lipinski definition) is 1. The summed E-state index contributed by atoms with van der Waals surface area (Å²) in [7, 11) is -1.51. The van der Waals surface area contributed by atoms with Crippen LogP contribution >= 0.6 is 0 Å². The first kappa shape index (κ1) is 15.8. The average Bonchev–Trinajstić information content (AvgIpc) is 2.91. The zero-order chi connectivity index (χ0) is 15.5. The molecule has 2 heterocycles. The van der Waals surface area contributed by atoms with Crippen LogP contribution in [0.4, 0.5) is 4.79 Å². The van der Waals surface area contributed by atoms with E-state index in [1.807, 2.05) is 0 Å². The van der Waals surface area contributed by atoms with Crippen LogP contribution in [0.2, 0.25) is 0 Å². The van der Waals surface area contributed by atoms with Crippen molar-refractivity contribution in [2.75, 3.05) is 26.4 Å². The molecular formula is C13H21N3O4S. The van der Waals surface area contributed by atoms with Gasteiger partial charge in [0, 0.05) is 31.7 Å². The first-order chi connectivity index (χ1) is 9.86. The standard InChI is InChI=1S/C13H21N3O4S/c1-15(8-11-5-7-20-10-11)13(17)14-12-4-3-6-16(9-12)21(2,18)19/h5,7,10,12H,3-4,6,8-9H2,1-2H3,(H,14,17). The minimum absolute atomic E-state index is 0.146. The van der Waals surface area contributed by atoms with E-state index in [1.54, 1.807) is 30.5 Å². The average molecular weight is 315 g/mol. The van der Waals surface area contributed by atoms with Gasteiger partial charge in [-0.15, -0.1) is 0 Å². The number of nitrogens with zero attached hydrogens (tertiary/aromatic N) is 2. The summed E-state index contributed by atoms with van der Waals surface area (Å²) in [5.41, 5.74) is 0.911. The van der Waals surface area contributed by atoms with Crippen molar-refractivity contribution in [2.45, 2.75) is 25.4 Å². The monoisotopic (exact) mass is 315 g/mol. The molecule has 1 aromatic rings. The molecule has 1 saturated heterocycles. The molecule has 118 valence electrons. The van der Waals surface area contributed by atoms with Gasteiger partial charge in [0.2, 0.25) is 10.0 Å². The summed E-state index contributed by atoms with van der Waals surface area (Å²) < 4.78 is 29.5. The molecule has 0 bridgehead atoms. The SMILES string of the molecule is CN(Cc1ccoc1)C(=O)NC1CCCN(S(C)(=O)=O)C1. The Balaban J connectivity index is 1.87. The van der Waals surface area contributed by atoms with Crippen molar-refractivity contribution in [2.24, 2.45) is 0 Å². The first-order valence-electron chi connectivity index (χ1n) is 6.84. The zero-order valence-electron chi connectivity index (χ0n) is 12.3. The first-order valence-corrected chi connectivity index (χ1v) is 8.69. The quantitative estimate of drug-likeness (QED) is 0.893. The van der Waals surface area contributed by atoms with E-state index < -0.39 is 10.0 Å². The Morgan fingerprint density at radius 2 is 2.33 bits per heavy atom. The fourth-order valence-corrected chi connectivity index (χ4v) is 3.29. The fraction of sp³-hybridized carbons (Fsp3) is 0.615. The molecule has 0 radical (unpaired) electrons. The molecule has 1 unspecified atom stereocenters. The van der Waals surface area contributed by atoms with E-state index in [-0.39, 0.29) is 12.1 Å². The second-order valence-electron chi connectivity index (χ2n) is 5.40. The Labute approximate surface area is 124 Å². The Morgan fingerprint density at radius 1 is 1.57 bits per heavy atom. The number of amides is 2. The molecule has 2 amide bonds. The predicted octanol–water partition coefficient (Wildman–Crippen LogP) is 0.845. The van der Waals surface area contributed by atoms with Gasteiger partial charge < -0.3 is 14.6 Å². The van der Waals surface area contributed by atoms with Gasteiger partial charge in [-0.05, 0) is 18.9 Å². The summed E-state index contributed by atoms with van der Waals surface area (Å²) in [6.07, 6.45) is 5.89. The maximum atomic E-state index is 12.1. The molecule has 8 heteroatoms. The number of sulfonamides is 1. The summed E-state index contributed by atoms with van der Waals surface area (Å²) >= 11 is 0. The second-order valence-corrected chi connectivity index (χ2v) is 7.38. The molecule has 0 aliphatic carbocycles. The van der Waals surface area contributed by atoms with Gasteiger partial charge in [-0.25, -0.2) is 17.5 Å². The molecule has 1 N–H and O–H groups in total. The van der Waals surface area contributed by atoms with Crippen molar-refractivity contribution in [1.82, 2.24) is 14.5 Å². The molecule has 1 aromatic heterocycles. The fourth-order valence-electron chi connectivity index (χ4n) is 2.37. The molecule has 1 fully saturated rings. The van der Waals surface area contributed by atoms with Crippen LogP contribution in [0.25, 0.3) is 0 Å². The minimum atomic E-state index is -3.20. The molecule has 0 saturated carbocycles. The topological polar surface area (TPSA) is 82.9 Å². The van der Waals surface area contributed by atoms with Crippen LogP contribution in [0.5, 0.6) is 0 Å². The number of piperidine rings is 1. The van der Waals surface area contributed by atoms with Crippen LogP contribution in [0, 0.1) is 0 Å². The zero-order valence-corrected chi connectivity index (χ0v) is 13.1. The highest BCUT2D eigenvalue weighted by Crippen LogP contribution is 2.13. The summed E-state index contributed by atoms with van der Waals surface area (Å²) in [6, 6.07) is 1.44. The molecule has 1 aliphatic rings. The summed E-state index contributed by atoms with van der Waals surface area (Å²) in [5, 5.41) is 2.88. The third-order valence-corrected chi connectivity index (χ3v) is 4.80. The Hall–Kier alpha value is -1.54. The van der Waals surface area contributed by atoms with E-state index in [2.05, 4.69) is 5.32 Å². The van der Waals surface area contributed by atoms with E-state index in [4.69, 9.17) is 4.42 Å². The van der Waals surface area contributed by atoms with Crippen LogP contribution in [0.15, 0.2) is 23.0 Å². The number of hydrogen-bond acceptors (Lipinski definition) is 4.